The number of nitrogens with one attached hydrogen (secondary N) is 1. The zero-order chi connectivity index (χ0) is 22.6. The van der Waals surface area contributed by atoms with E-state index in [0.29, 0.717) is 30.3 Å². The number of pyridine rings is 1. The van der Waals surface area contributed by atoms with E-state index >= 15 is 0 Å². The van der Waals surface area contributed by atoms with Gasteiger partial charge in [0, 0.05) is 12.7 Å². The Kier molecular flexibility index (Phi) is 6.18. The first-order chi connectivity index (χ1) is 15.4. The fourth-order valence-electron chi connectivity index (χ4n) is 3.17. The maximum atomic E-state index is 12.2. The van der Waals surface area contributed by atoms with Crippen molar-refractivity contribution >= 4 is 32.5 Å². The van der Waals surface area contributed by atoms with Crippen molar-refractivity contribution in [2.24, 2.45) is 0 Å². The summed E-state index contributed by atoms with van der Waals surface area (Å²) in [7, 11) is -3.23. The Labute approximate surface area is 185 Å². The number of carbonyl (C=O) groups is 1. The van der Waals surface area contributed by atoms with Crippen molar-refractivity contribution < 1.29 is 17.9 Å². The van der Waals surface area contributed by atoms with Crippen molar-refractivity contribution in [2.75, 3.05) is 18.2 Å². The van der Waals surface area contributed by atoms with Gasteiger partial charge in [-0.2, -0.15) is 0 Å². The highest BCUT2D eigenvalue weighted by Crippen LogP contribution is 2.18. The van der Waals surface area contributed by atoms with Crippen LogP contribution >= 0.6 is 0 Å². The van der Waals surface area contributed by atoms with Crippen LogP contribution in [0, 0.1) is 0 Å². The van der Waals surface area contributed by atoms with Crippen LogP contribution in [0.25, 0.3) is 16.9 Å². The summed E-state index contributed by atoms with van der Waals surface area (Å²) in [6.45, 7) is 0.344. The zero-order valence-corrected chi connectivity index (χ0v) is 18.2. The monoisotopic (exact) mass is 450 g/mol. The third kappa shape index (κ3) is 5.12. The summed E-state index contributed by atoms with van der Waals surface area (Å²) in [4.78, 5) is 21.2. The van der Waals surface area contributed by atoms with E-state index in [2.05, 4.69) is 15.3 Å². The van der Waals surface area contributed by atoms with Crippen LogP contribution in [0.15, 0.2) is 78.1 Å². The number of imidazole rings is 1. The number of sulfone groups is 1. The van der Waals surface area contributed by atoms with Crippen molar-refractivity contribution in [2.45, 2.75) is 17.7 Å². The largest absolute Gasteiger partial charge is 0.494 e. The highest BCUT2D eigenvalue weighted by Gasteiger charge is 2.08. The summed E-state index contributed by atoms with van der Waals surface area (Å²) in [5.41, 5.74) is 2.46. The topological polar surface area (TPSA) is 103 Å². The van der Waals surface area contributed by atoms with Crippen LogP contribution in [-0.2, 0) is 14.6 Å². The van der Waals surface area contributed by atoms with E-state index < -0.39 is 9.84 Å². The minimum absolute atomic E-state index is 0.136. The Morgan fingerprint density at radius 3 is 2.53 bits per heavy atom. The Morgan fingerprint density at radius 2 is 1.81 bits per heavy atom. The second kappa shape index (κ2) is 9.19. The van der Waals surface area contributed by atoms with E-state index in [1.807, 2.05) is 34.9 Å². The van der Waals surface area contributed by atoms with Gasteiger partial charge in [0.05, 0.1) is 34.4 Å². The molecule has 0 atom stereocenters. The molecule has 32 heavy (non-hydrogen) atoms. The number of aromatic nitrogens is 3. The molecule has 0 aliphatic heterocycles. The smallest absolute Gasteiger partial charge is 0.224 e. The average Bonchev–Trinajstić information content (AvgIpc) is 3.21. The molecule has 0 saturated heterocycles. The molecule has 2 aromatic carbocycles. The highest BCUT2D eigenvalue weighted by atomic mass is 32.2. The Morgan fingerprint density at radius 1 is 1.03 bits per heavy atom. The summed E-state index contributed by atoms with van der Waals surface area (Å²) in [6, 6.07) is 17.6. The SMILES string of the molecule is CS(=O)(=O)c1ccc(OCCCC(=O)Nc2ccc(-n3cnc4ccccc43)nc2)cc1. The van der Waals surface area contributed by atoms with E-state index in [1.165, 1.54) is 12.1 Å². The van der Waals surface area contributed by atoms with E-state index in [-0.39, 0.29) is 17.2 Å². The van der Waals surface area contributed by atoms with Gasteiger partial charge in [0.1, 0.15) is 17.9 Å². The van der Waals surface area contributed by atoms with Gasteiger partial charge in [0.15, 0.2) is 9.84 Å². The molecule has 0 unspecified atom stereocenters. The molecule has 0 fully saturated rings. The molecule has 1 amide bonds. The highest BCUT2D eigenvalue weighted by molar-refractivity contribution is 7.90. The summed E-state index contributed by atoms with van der Waals surface area (Å²) >= 11 is 0. The van der Waals surface area contributed by atoms with Crippen molar-refractivity contribution in [1.29, 1.82) is 0 Å². The molecule has 9 heteroatoms. The molecule has 8 nitrogen and oxygen atoms in total. The number of anilines is 1. The van der Waals surface area contributed by atoms with Crippen LogP contribution in [-0.4, -0.2) is 41.7 Å². The van der Waals surface area contributed by atoms with Gasteiger partial charge in [-0.3, -0.25) is 9.36 Å². The summed E-state index contributed by atoms with van der Waals surface area (Å²) in [5.74, 6) is 1.14. The number of ether oxygens (including phenoxy) is 1. The van der Waals surface area contributed by atoms with Crippen molar-refractivity contribution in [1.82, 2.24) is 14.5 Å². The molecule has 0 bridgehead atoms. The van der Waals surface area contributed by atoms with E-state index in [4.69, 9.17) is 4.74 Å². The molecule has 4 rings (SSSR count). The predicted molar refractivity (Wildman–Crippen MR) is 122 cm³/mol. The molecule has 4 aromatic rings. The Hall–Kier alpha value is -3.72. The van der Waals surface area contributed by atoms with Gasteiger partial charge >= 0.3 is 0 Å². The van der Waals surface area contributed by atoms with Crippen LogP contribution < -0.4 is 10.1 Å². The summed E-state index contributed by atoms with van der Waals surface area (Å²) in [5, 5.41) is 2.83. The third-order valence-electron chi connectivity index (χ3n) is 4.80. The molecule has 0 aliphatic rings. The molecule has 0 radical (unpaired) electrons. The van der Waals surface area contributed by atoms with Crippen molar-refractivity contribution in [3.8, 4) is 11.6 Å². The molecule has 164 valence electrons. The van der Waals surface area contributed by atoms with Gasteiger partial charge in [0.25, 0.3) is 0 Å². The number of nitrogens with zero attached hydrogens (tertiary/aromatic N) is 3. The number of amides is 1. The molecular weight excluding hydrogens is 428 g/mol. The van der Waals surface area contributed by atoms with Crippen molar-refractivity contribution in [3.63, 3.8) is 0 Å². The van der Waals surface area contributed by atoms with Crippen LogP contribution in [0.4, 0.5) is 5.69 Å². The van der Waals surface area contributed by atoms with E-state index in [0.717, 1.165) is 17.3 Å². The summed E-state index contributed by atoms with van der Waals surface area (Å²) < 4.78 is 30.4. The minimum atomic E-state index is -3.23. The molecule has 0 saturated carbocycles. The molecule has 2 aromatic heterocycles. The Bertz CT molecular complexity index is 1330. The quantitative estimate of drug-likeness (QED) is 0.411. The van der Waals surface area contributed by atoms with E-state index in [1.54, 1.807) is 30.7 Å². The molecule has 2 heterocycles. The fourth-order valence-corrected chi connectivity index (χ4v) is 3.80. The number of para-hydroxylation sites is 2. The second-order valence-corrected chi connectivity index (χ2v) is 9.27. The van der Waals surface area contributed by atoms with E-state index in [9.17, 15) is 13.2 Å². The van der Waals surface area contributed by atoms with Crippen LogP contribution in [0.1, 0.15) is 12.8 Å². The number of carbonyl (C=O) groups excluding carboxylic acids is 1. The lowest BCUT2D eigenvalue weighted by atomic mass is 10.3. The molecule has 0 aliphatic carbocycles. The lowest BCUT2D eigenvalue weighted by Gasteiger charge is -2.08. The first-order valence-electron chi connectivity index (χ1n) is 10.0. The number of hydrogen-bond acceptors (Lipinski definition) is 6. The second-order valence-electron chi connectivity index (χ2n) is 7.25. The standard InChI is InChI=1S/C23H22N4O4S/c1-32(29,30)19-11-9-18(10-12-19)31-14-4-7-23(28)26-17-8-13-22(24-15-17)27-16-25-20-5-2-3-6-21(20)27/h2-3,5-6,8-13,15-16H,4,7,14H2,1H3,(H,26,28). The first-order valence-corrected chi connectivity index (χ1v) is 11.9. The lowest BCUT2D eigenvalue weighted by Crippen LogP contribution is -2.13. The maximum Gasteiger partial charge on any atom is 0.224 e. The van der Waals surface area contributed by atoms with Gasteiger partial charge in [-0.05, 0) is 55.0 Å². The maximum absolute atomic E-state index is 12.2. The normalized spacial score (nSPS) is 11.4. The Balaban J connectivity index is 1.25. The van der Waals surface area contributed by atoms with Crippen LogP contribution in [0.5, 0.6) is 5.75 Å². The average molecular weight is 451 g/mol. The number of benzene rings is 2. The van der Waals surface area contributed by atoms with Gasteiger partial charge in [-0.25, -0.2) is 18.4 Å². The summed E-state index contributed by atoms with van der Waals surface area (Å²) in [6.07, 6.45) is 5.30. The predicted octanol–water partition coefficient (Wildman–Crippen LogP) is 3.62. The first kappa shape index (κ1) is 21.5. The van der Waals surface area contributed by atoms with Crippen LogP contribution in [0.2, 0.25) is 0 Å². The zero-order valence-electron chi connectivity index (χ0n) is 17.4. The molecule has 0 spiro atoms. The van der Waals surface area contributed by atoms with Crippen LogP contribution in [0.3, 0.4) is 0 Å². The lowest BCUT2D eigenvalue weighted by molar-refractivity contribution is -0.116. The van der Waals surface area contributed by atoms with Gasteiger partial charge in [-0.1, -0.05) is 12.1 Å². The van der Waals surface area contributed by atoms with Gasteiger partial charge < -0.3 is 10.1 Å². The minimum Gasteiger partial charge on any atom is -0.494 e. The van der Waals surface area contributed by atoms with Gasteiger partial charge in [0.2, 0.25) is 5.91 Å². The fraction of sp³-hybridized carbons (Fsp3) is 0.174. The number of rotatable bonds is 8. The van der Waals surface area contributed by atoms with Gasteiger partial charge in [-0.15, -0.1) is 0 Å². The van der Waals surface area contributed by atoms with Crippen molar-refractivity contribution in [3.05, 3.63) is 73.2 Å². The third-order valence-corrected chi connectivity index (χ3v) is 5.93. The number of fused-ring (bicyclic) bond motifs is 1. The molecular formula is C23H22N4O4S. The number of hydrogen-bond donors (Lipinski definition) is 1. The molecule has 1 N–H and O–H groups in total.